The predicted molar refractivity (Wildman–Crippen MR) is 83.6 cm³/mol. The van der Waals surface area contributed by atoms with Crippen molar-refractivity contribution in [1.29, 1.82) is 0 Å². The van der Waals surface area contributed by atoms with E-state index in [0.717, 1.165) is 22.1 Å². The van der Waals surface area contributed by atoms with Crippen LogP contribution in [-0.4, -0.2) is 25.4 Å². The summed E-state index contributed by atoms with van der Waals surface area (Å²) in [6, 6.07) is 14.7. The van der Waals surface area contributed by atoms with Crippen LogP contribution in [0.4, 0.5) is 4.79 Å². The summed E-state index contributed by atoms with van der Waals surface area (Å²) in [7, 11) is 0. The van der Waals surface area contributed by atoms with Crippen molar-refractivity contribution in [2.75, 3.05) is 10.9 Å². The normalized spacial score (nSPS) is 10.9. The number of nitrogens with zero attached hydrogens (tertiary/aromatic N) is 4. The van der Waals surface area contributed by atoms with E-state index in [0.29, 0.717) is 0 Å². The zero-order valence-corrected chi connectivity index (χ0v) is 11.5. The number of carbonyl (C=O) groups excluding carboxylic acids is 1. The second kappa shape index (κ2) is 4.88. The summed E-state index contributed by atoms with van der Waals surface area (Å²) in [5.74, 6) is 0. The minimum Gasteiger partial charge on any atom is -0.245 e. The van der Waals surface area contributed by atoms with Crippen LogP contribution in [0.1, 0.15) is 0 Å². The maximum absolute atomic E-state index is 12.1. The van der Waals surface area contributed by atoms with Gasteiger partial charge in [0.1, 0.15) is 12.7 Å². The molecule has 2 N–H and O–H groups in total. The lowest BCUT2D eigenvalue weighted by atomic mass is 10.3. The monoisotopic (exact) mass is 292 g/mol. The van der Waals surface area contributed by atoms with Gasteiger partial charge in [-0.15, -0.1) is 0 Å². The van der Waals surface area contributed by atoms with Gasteiger partial charge in [0.25, 0.3) is 0 Å². The molecule has 2 aromatic heterocycles. The van der Waals surface area contributed by atoms with E-state index in [9.17, 15) is 4.79 Å². The van der Waals surface area contributed by atoms with Crippen LogP contribution in [0.25, 0.3) is 22.1 Å². The molecule has 0 bridgehead atoms. The van der Waals surface area contributed by atoms with Crippen molar-refractivity contribution in [2.45, 2.75) is 0 Å². The molecule has 0 saturated carbocycles. The Morgan fingerprint density at radius 3 is 1.73 bits per heavy atom. The Balaban J connectivity index is 1.58. The minimum absolute atomic E-state index is 0.383. The first-order valence-corrected chi connectivity index (χ1v) is 6.73. The van der Waals surface area contributed by atoms with Gasteiger partial charge in [-0.3, -0.25) is 0 Å². The first kappa shape index (κ1) is 12.4. The molecule has 0 aliphatic carbocycles. The van der Waals surface area contributed by atoms with E-state index in [1.165, 1.54) is 0 Å². The molecule has 0 atom stereocenters. The third-order valence-electron chi connectivity index (χ3n) is 3.35. The number of hydrogen-bond donors (Lipinski definition) is 2. The van der Waals surface area contributed by atoms with Gasteiger partial charge in [-0.1, -0.05) is 24.3 Å². The van der Waals surface area contributed by atoms with Crippen molar-refractivity contribution in [3.63, 3.8) is 0 Å². The fraction of sp³-hybridized carbons (Fsp3) is 0. The highest BCUT2D eigenvalue weighted by Gasteiger charge is 2.07. The van der Waals surface area contributed by atoms with E-state index in [4.69, 9.17) is 0 Å². The zero-order chi connectivity index (χ0) is 14.9. The Kier molecular flexibility index (Phi) is 2.75. The lowest BCUT2D eigenvalue weighted by Crippen LogP contribution is -2.32. The van der Waals surface area contributed by atoms with Crippen LogP contribution in [-0.2, 0) is 0 Å². The number of imidazole rings is 2. The van der Waals surface area contributed by atoms with E-state index in [1.807, 2.05) is 48.5 Å². The number of rotatable bonds is 2. The van der Waals surface area contributed by atoms with Crippen LogP contribution in [0.5, 0.6) is 0 Å². The summed E-state index contributed by atoms with van der Waals surface area (Å²) >= 11 is 0. The topological polar surface area (TPSA) is 76.8 Å². The number of amides is 2. The molecule has 108 valence electrons. The highest BCUT2D eigenvalue weighted by atomic mass is 16.2. The quantitative estimate of drug-likeness (QED) is 0.595. The summed E-state index contributed by atoms with van der Waals surface area (Å²) in [6.45, 7) is 0. The number of hydrogen-bond acceptors (Lipinski definition) is 3. The van der Waals surface area contributed by atoms with Gasteiger partial charge in [0, 0.05) is 0 Å². The summed E-state index contributed by atoms with van der Waals surface area (Å²) in [5, 5.41) is 0. The molecule has 2 amide bonds. The van der Waals surface area contributed by atoms with Crippen LogP contribution in [0.3, 0.4) is 0 Å². The number of nitrogens with one attached hydrogen (secondary N) is 2. The molecule has 2 heterocycles. The van der Waals surface area contributed by atoms with Gasteiger partial charge in [-0.2, -0.15) is 0 Å². The van der Waals surface area contributed by atoms with Gasteiger partial charge in [0.2, 0.25) is 0 Å². The summed E-state index contributed by atoms with van der Waals surface area (Å²) in [6.07, 6.45) is 3.13. The van der Waals surface area contributed by atoms with Crippen LogP contribution in [0.2, 0.25) is 0 Å². The fourth-order valence-electron chi connectivity index (χ4n) is 2.34. The second-order valence-corrected chi connectivity index (χ2v) is 4.76. The van der Waals surface area contributed by atoms with Crippen molar-refractivity contribution in [3.05, 3.63) is 61.2 Å². The lowest BCUT2D eigenvalue weighted by Gasteiger charge is -2.10. The average Bonchev–Trinajstić information content (AvgIpc) is 3.13. The molecule has 22 heavy (non-hydrogen) atoms. The Hall–Kier alpha value is -3.35. The Morgan fingerprint density at radius 2 is 1.23 bits per heavy atom. The smallest absolute Gasteiger partial charge is 0.245 e. The highest BCUT2D eigenvalue weighted by Crippen LogP contribution is 2.11. The first-order chi connectivity index (χ1) is 10.8. The van der Waals surface area contributed by atoms with E-state index in [1.54, 1.807) is 22.0 Å². The number of benzene rings is 2. The molecule has 4 rings (SSSR count). The number of carbonyl (C=O) groups is 1. The van der Waals surface area contributed by atoms with Gasteiger partial charge < -0.3 is 0 Å². The third kappa shape index (κ3) is 2.05. The highest BCUT2D eigenvalue weighted by molar-refractivity contribution is 5.92. The molecule has 0 aliphatic rings. The Morgan fingerprint density at radius 1 is 0.773 bits per heavy atom. The van der Waals surface area contributed by atoms with Crippen molar-refractivity contribution >= 4 is 28.1 Å². The molecule has 0 saturated heterocycles. The molecular weight excluding hydrogens is 280 g/mol. The van der Waals surface area contributed by atoms with Gasteiger partial charge in [-0.05, 0) is 24.3 Å². The summed E-state index contributed by atoms with van der Waals surface area (Å²) < 4.78 is 3.15. The van der Waals surface area contributed by atoms with Gasteiger partial charge >= 0.3 is 6.03 Å². The zero-order valence-electron chi connectivity index (χ0n) is 11.5. The minimum atomic E-state index is -0.383. The maximum atomic E-state index is 12.1. The Labute approximate surface area is 125 Å². The fourth-order valence-corrected chi connectivity index (χ4v) is 2.34. The molecule has 0 spiro atoms. The SMILES string of the molecule is O=C(Nn1cnc2ccccc21)Nn1cnc2ccccc21. The molecule has 4 aromatic rings. The number of para-hydroxylation sites is 4. The van der Waals surface area contributed by atoms with E-state index in [-0.39, 0.29) is 6.03 Å². The first-order valence-electron chi connectivity index (χ1n) is 6.73. The average molecular weight is 292 g/mol. The summed E-state index contributed by atoms with van der Waals surface area (Å²) in [5.41, 5.74) is 8.73. The van der Waals surface area contributed by atoms with Crippen molar-refractivity contribution < 1.29 is 4.79 Å². The number of fused-ring (bicyclic) bond motifs is 2. The third-order valence-corrected chi connectivity index (χ3v) is 3.35. The molecule has 7 heteroatoms. The van der Waals surface area contributed by atoms with Crippen molar-refractivity contribution in [2.24, 2.45) is 0 Å². The molecule has 2 aromatic carbocycles. The van der Waals surface area contributed by atoms with Gasteiger partial charge in [0.05, 0.1) is 22.1 Å². The van der Waals surface area contributed by atoms with Crippen molar-refractivity contribution in [3.8, 4) is 0 Å². The molecule has 0 radical (unpaired) electrons. The Bertz CT molecular complexity index is 892. The van der Waals surface area contributed by atoms with Crippen LogP contribution >= 0.6 is 0 Å². The molecular formula is C15H12N6O. The lowest BCUT2D eigenvalue weighted by molar-refractivity contribution is 0.257. The number of aromatic nitrogens is 4. The maximum Gasteiger partial charge on any atom is 0.353 e. The molecule has 0 aliphatic heterocycles. The summed E-state index contributed by atoms with van der Waals surface area (Å²) in [4.78, 5) is 20.6. The van der Waals surface area contributed by atoms with E-state index >= 15 is 0 Å². The molecule has 0 unspecified atom stereocenters. The second-order valence-electron chi connectivity index (χ2n) is 4.76. The van der Waals surface area contributed by atoms with E-state index in [2.05, 4.69) is 20.8 Å². The van der Waals surface area contributed by atoms with Gasteiger partial charge in [-0.25, -0.2) is 35.0 Å². The standard InChI is InChI=1S/C15H12N6O/c22-15(18-20-9-16-11-5-1-3-7-13(11)20)19-21-10-17-12-6-2-4-8-14(12)21/h1-10H,(H2,18,19,22). The predicted octanol–water partition coefficient (Wildman–Crippen LogP) is 2.29. The van der Waals surface area contributed by atoms with E-state index < -0.39 is 0 Å². The largest absolute Gasteiger partial charge is 0.353 e. The van der Waals surface area contributed by atoms with Crippen LogP contribution < -0.4 is 10.9 Å². The van der Waals surface area contributed by atoms with Gasteiger partial charge in [0.15, 0.2) is 0 Å². The van der Waals surface area contributed by atoms with Crippen molar-refractivity contribution in [1.82, 2.24) is 19.3 Å². The van der Waals surface area contributed by atoms with Crippen LogP contribution in [0, 0.1) is 0 Å². The molecule has 0 fully saturated rings. The van der Waals surface area contributed by atoms with Crippen LogP contribution in [0.15, 0.2) is 61.2 Å². The molecule has 7 nitrogen and oxygen atoms in total. The number of urea groups is 1.